The van der Waals surface area contributed by atoms with E-state index in [1.165, 1.54) is 31.2 Å². The van der Waals surface area contributed by atoms with Crippen molar-refractivity contribution >= 4 is 5.97 Å². The molecule has 0 aromatic carbocycles. The first-order chi connectivity index (χ1) is 12.7. The van der Waals surface area contributed by atoms with Crippen LogP contribution in [0.5, 0.6) is 0 Å². The largest absolute Gasteiger partial charge is 0.460 e. The van der Waals surface area contributed by atoms with Gasteiger partial charge in [-0.25, -0.2) is 4.79 Å². The van der Waals surface area contributed by atoms with Crippen LogP contribution in [0.4, 0.5) is 0 Å². The van der Waals surface area contributed by atoms with Crippen LogP contribution in [0.25, 0.3) is 0 Å². The lowest BCUT2D eigenvalue weighted by Crippen LogP contribution is -2.51. The molecule has 28 heavy (non-hydrogen) atoms. The van der Waals surface area contributed by atoms with Crippen molar-refractivity contribution in [3.63, 3.8) is 0 Å². The molecule has 0 bridgehead atoms. The lowest BCUT2D eigenvalue weighted by atomic mass is 9.78. The number of ether oxygens (including phenoxy) is 1. The van der Waals surface area contributed by atoms with Crippen molar-refractivity contribution in [3.05, 3.63) is 24.3 Å². The Morgan fingerprint density at radius 1 is 1.07 bits per heavy atom. The summed E-state index contributed by atoms with van der Waals surface area (Å²) in [5, 5.41) is 0. The molecule has 0 saturated heterocycles. The molecule has 0 aliphatic rings. The third-order valence-electron chi connectivity index (χ3n) is 6.44. The second kappa shape index (κ2) is 11.2. The van der Waals surface area contributed by atoms with Crippen molar-refractivity contribution in [2.75, 3.05) is 20.1 Å². The number of nitrogens with zero attached hydrogens (tertiary/aromatic N) is 1. The van der Waals surface area contributed by atoms with Gasteiger partial charge in [-0.15, -0.1) is 0 Å². The highest BCUT2D eigenvalue weighted by Gasteiger charge is 2.31. The van der Waals surface area contributed by atoms with Gasteiger partial charge in [0.15, 0.2) is 0 Å². The van der Waals surface area contributed by atoms with Crippen LogP contribution in [-0.2, 0) is 9.53 Å². The first-order valence-electron chi connectivity index (χ1n) is 11.0. The number of allylic oxidation sites excluding steroid dienone is 2. The lowest BCUT2D eigenvalue weighted by molar-refractivity contribution is -0.929. The van der Waals surface area contributed by atoms with E-state index < -0.39 is 0 Å². The van der Waals surface area contributed by atoms with E-state index in [4.69, 9.17) is 4.74 Å². The van der Waals surface area contributed by atoms with Crippen LogP contribution < -0.4 is 0 Å². The number of hydrogen-bond donors (Lipinski definition) is 0. The summed E-state index contributed by atoms with van der Waals surface area (Å²) in [6, 6.07) is 0.662. The maximum absolute atomic E-state index is 11.4. The Morgan fingerprint density at radius 3 is 2.07 bits per heavy atom. The quantitative estimate of drug-likeness (QED) is 0.153. The van der Waals surface area contributed by atoms with Crippen LogP contribution in [0.2, 0.25) is 0 Å². The Hall–Kier alpha value is -1.09. The van der Waals surface area contributed by atoms with Gasteiger partial charge in [-0.3, -0.25) is 0 Å². The molecular weight excluding hydrogens is 346 g/mol. The summed E-state index contributed by atoms with van der Waals surface area (Å²) in [6.07, 6.45) is 7.73. The molecule has 2 unspecified atom stereocenters. The SMILES string of the molecule is C=CC(=O)OC(C)CC(C)(C)CC=C(C)CC(C)(C)CC(C)[N+](C)(CC)CC. The van der Waals surface area contributed by atoms with Crippen molar-refractivity contribution in [1.29, 1.82) is 0 Å². The standard InChI is InChI=1S/C25H48NO2/c1-12-23(27)28-22(6)19-24(7,8)16-15-20(4)17-25(9,10)18-21(5)26(11,13-2)14-3/h12,15,21-22H,1,13-14,16-19H2,2-11H3/q+1. The normalized spacial score (nSPS) is 15.9. The summed E-state index contributed by atoms with van der Waals surface area (Å²) in [6.45, 7) is 26.4. The predicted molar refractivity (Wildman–Crippen MR) is 122 cm³/mol. The fraction of sp³-hybridized carbons (Fsp3) is 0.800. The van der Waals surface area contributed by atoms with Crippen LogP contribution in [0, 0.1) is 10.8 Å². The summed E-state index contributed by atoms with van der Waals surface area (Å²) in [7, 11) is 2.38. The zero-order valence-electron chi connectivity index (χ0n) is 20.5. The minimum atomic E-state index is -0.338. The summed E-state index contributed by atoms with van der Waals surface area (Å²) in [5.41, 5.74) is 1.85. The van der Waals surface area contributed by atoms with Gasteiger partial charge >= 0.3 is 5.97 Å². The van der Waals surface area contributed by atoms with Gasteiger partial charge in [0.25, 0.3) is 0 Å². The van der Waals surface area contributed by atoms with E-state index in [0.29, 0.717) is 11.5 Å². The minimum absolute atomic E-state index is 0.0926. The monoisotopic (exact) mass is 394 g/mol. The highest BCUT2D eigenvalue weighted by Crippen LogP contribution is 2.35. The van der Waals surface area contributed by atoms with Crippen molar-refractivity contribution < 1.29 is 14.0 Å². The second-order valence-corrected chi connectivity index (χ2v) is 10.6. The van der Waals surface area contributed by atoms with E-state index in [1.54, 1.807) is 0 Å². The van der Waals surface area contributed by atoms with Gasteiger partial charge < -0.3 is 9.22 Å². The molecule has 3 nitrogen and oxygen atoms in total. The summed E-state index contributed by atoms with van der Waals surface area (Å²) >= 11 is 0. The number of carbonyl (C=O) groups excluding carboxylic acids is 1. The Kier molecular flexibility index (Phi) is 10.8. The molecule has 3 heteroatoms. The number of carbonyl (C=O) groups is 1. The molecule has 0 saturated carbocycles. The topological polar surface area (TPSA) is 26.3 Å². The predicted octanol–water partition coefficient (Wildman–Crippen LogP) is 6.54. The molecule has 0 aromatic heterocycles. The van der Waals surface area contributed by atoms with E-state index in [1.807, 2.05) is 6.92 Å². The molecule has 0 N–H and O–H groups in total. The third-order valence-corrected chi connectivity index (χ3v) is 6.44. The maximum atomic E-state index is 11.4. The number of esters is 1. The van der Waals surface area contributed by atoms with Gasteiger partial charge in [-0.1, -0.05) is 45.9 Å². The fourth-order valence-corrected chi connectivity index (χ4v) is 4.37. The smallest absolute Gasteiger partial charge is 0.330 e. The summed E-state index contributed by atoms with van der Waals surface area (Å²) in [4.78, 5) is 11.4. The van der Waals surface area contributed by atoms with Crippen LogP contribution in [-0.4, -0.2) is 42.7 Å². The van der Waals surface area contributed by atoms with E-state index in [0.717, 1.165) is 23.7 Å². The van der Waals surface area contributed by atoms with Crippen molar-refractivity contribution in [1.82, 2.24) is 0 Å². The molecule has 0 fully saturated rings. The number of rotatable bonds is 13. The molecule has 0 aliphatic carbocycles. The molecular formula is C25H48NO2+. The average Bonchev–Trinajstić information content (AvgIpc) is 2.57. The van der Waals surface area contributed by atoms with Crippen LogP contribution in [0.1, 0.15) is 88.0 Å². The number of hydrogen-bond acceptors (Lipinski definition) is 2. The molecule has 0 amide bonds. The Morgan fingerprint density at radius 2 is 1.61 bits per heavy atom. The van der Waals surface area contributed by atoms with E-state index >= 15 is 0 Å². The molecule has 0 aliphatic heterocycles. The average molecular weight is 395 g/mol. The maximum Gasteiger partial charge on any atom is 0.330 e. The van der Waals surface area contributed by atoms with E-state index in [9.17, 15) is 4.79 Å². The van der Waals surface area contributed by atoms with Crippen LogP contribution in [0.15, 0.2) is 24.3 Å². The van der Waals surface area contributed by atoms with Crippen molar-refractivity contribution in [2.45, 2.75) is 100 Å². The Balaban J connectivity index is 4.81. The Labute approximate surface area is 175 Å². The zero-order chi connectivity index (χ0) is 22.2. The van der Waals surface area contributed by atoms with Crippen LogP contribution in [0.3, 0.4) is 0 Å². The first-order valence-corrected chi connectivity index (χ1v) is 11.0. The van der Waals surface area contributed by atoms with Gasteiger partial charge in [0.1, 0.15) is 0 Å². The molecule has 0 spiro atoms. The van der Waals surface area contributed by atoms with Gasteiger partial charge in [-0.2, -0.15) is 0 Å². The lowest BCUT2D eigenvalue weighted by Gasteiger charge is -2.42. The highest BCUT2D eigenvalue weighted by molar-refractivity contribution is 5.81. The van der Waals surface area contributed by atoms with Gasteiger partial charge in [0.05, 0.1) is 32.3 Å². The van der Waals surface area contributed by atoms with Gasteiger partial charge in [0, 0.05) is 12.5 Å². The molecule has 0 rings (SSSR count). The third kappa shape index (κ3) is 9.91. The van der Waals surface area contributed by atoms with Crippen molar-refractivity contribution in [2.24, 2.45) is 10.8 Å². The summed E-state index contributed by atoms with van der Waals surface area (Å²) < 4.78 is 6.48. The molecule has 0 heterocycles. The molecule has 164 valence electrons. The molecule has 0 radical (unpaired) electrons. The Bertz CT molecular complexity index is 527. The number of quaternary nitrogens is 1. The van der Waals surface area contributed by atoms with Crippen molar-refractivity contribution in [3.8, 4) is 0 Å². The highest BCUT2D eigenvalue weighted by atomic mass is 16.5. The second-order valence-electron chi connectivity index (χ2n) is 10.6. The zero-order valence-corrected chi connectivity index (χ0v) is 20.5. The summed E-state index contributed by atoms with van der Waals surface area (Å²) in [5.74, 6) is -0.338. The first kappa shape index (κ1) is 26.9. The fourth-order valence-electron chi connectivity index (χ4n) is 4.37. The van der Waals surface area contributed by atoms with Gasteiger partial charge in [-0.05, 0) is 64.7 Å². The molecule has 0 aromatic rings. The van der Waals surface area contributed by atoms with E-state index in [-0.39, 0.29) is 17.5 Å². The molecule has 2 atom stereocenters. The van der Waals surface area contributed by atoms with Gasteiger partial charge in [0.2, 0.25) is 0 Å². The van der Waals surface area contributed by atoms with Crippen LogP contribution >= 0.6 is 0 Å². The van der Waals surface area contributed by atoms with E-state index in [2.05, 4.69) is 75.1 Å². The minimum Gasteiger partial charge on any atom is -0.460 e.